The number of hydrogen-bond donors (Lipinski definition) is 1. The molecule has 0 radical (unpaired) electrons. The molecule has 1 unspecified atom stereocenters. The van der Waals surface area contributed by atoms with Gasteiger partial charge >= 0.3 is 0 Å². The first-order chi connectivity index (χ1) is 9.70. The van der Waals surface area contributed by atoms with Gasteiger partial charge in [-0.25, -0.2) is 0 Å². The van der Waals surface area contributed by atoms with Gasteiger partial charge in [-0.1, -0.05) is 22.0 Å². The van der Waals surface area contributed by atoms with Gasteiger partial charge < -0.3 is 14.8 Å². The highest BCUT2D eigenvalue weighted by Crippen LogP contribution is 2.28. The van der Waals surface area contributed by atoms with Gasteiger partial charge in [0.05, 0.1) is 13.2 Å². The fourth-order valence-electron chi connectivity index (χ4n) is 2.26. The number of rotatable bonds is 6. The van der Waals surface area contributed by atoms with Crippen molar-refractivity contribution in [1.29, 1.82) is 0 Å². The minimum absolute atomic E-state index is 0.279. The van der Waals surface area contributed by atoms with E-state index in [1.807, 2.05) is 13.1 Å². The van der Waals surface area contributed by atoms with E-state index in [2.05, 4.69) is 45.2 Å². The normalized spacial score (nSPS) is 17.9. The second-order valence-electron chi connectivity index (χ2n) is 4.99. The summed E-state index contributed by atoms with van der Waals surface area (Å²) in [6.45, 7) is 7.46. The molecule has 1 aromatic rings. The number of nitrogens with one attached hydrogen (secondary N) is 1. The maximum atomic E-state index is 5.99. The van der Waals surface area contributed by atoms with E-state index in [4.69, 9.17) is 9.47 Å². The Morgan fingerprint density at radius 1 is 1.40 bits per heavy atom. The summed E-state index contributed by atoms with van der Waals surface area (Å²) in [5.41, 5.74) is 1.19. The molecule has 0 saturated carbocycles. The molecule has 5 heteroatoms. The number of morpholine rings is 1. The summed E-state index contributed by atoms with van der Waals surface area (Å²) in [5.74, 6) is 0.953. The molecule has 0 aliphatic carbocycles. The molecule has 1 saturated heterocycles. The van der Waals surface area contributed by atoms with Gasteiger partial charge in [0.1, 0.15) is 12.4 Å². The summed E-state index contributed by atoms with van der Waals surface area (Å²) in [6.07, 6.45) is 0. The largest absolute Gasteiger partial charge is 0.492 e. The van der Waals surface area contributed by atoms with E-state index in [0.717, 1.165) is 43.1 Å². The third-order valence-electron chi connectivity index (χ3n) is 3.64. The van der Waals surface area contributed by atoms with Crippen molar-refractivity contribution in [1.82, 2.24) is 10.2 Å². The van der Waals surface area contributed by atoms with Gasteiger partial charge in [0.15, 0.2) is 0 Å². The van der Waals surface area contributed by atoms with Crippen molar-refractivity contribution < 1.29 is 9.47 Å². The van der Waals surface area contributed by atoms with Crippen LogP contribution in [0.5, 0.6) is 5.75 Å². The topological polar surface area (TPSA) is 33.7 Å². The summed E-state index contributed by atoms with van der Waals surface area (Å²) >= 11 is 3.51. The van der Waals surface area contributed by atoms with Crippen LogP contribution in [0.2, 0.25) is 0 Å². The number of hydrogen-bond acceptors (Lipinski definition) is 4. The highest BCUT2D eigenvalue weighted by Gasteiger charge is 2.13. The average molecular weight is 343 g/mol. The zero-order chi connectivity index (χ0) is 14.4. The van der Waals surface area contributed by atoms with E-state index in [1.54, 1.807) is 0 Å². The Bertz CT molecular complexity index is 422. The number of nitrogens with zero attached hydrogens (tertiary/aromatic N) is 1. The molecule has 1 aliphatic rings. The van der Waals surface area contributed by atoms with Crippen LogP contribution in [0.3, 0.4) is 0 Å². The molecule has 112 valence electrons. The van der Waals surface area contributed by atoms with Crippen molar-refractivity contribution in [3.63, 3.8) is 0 Å². The van der Waals surface area contributed by atoms with Crippen molar-refractivity contribution in [2.75, 3.05) is 46.5 Å². The Hall–Kier alpha value is -0.620. The van der Waals surface area contributed by atoms with Gasteiger partial charge in [0, 0.05) is 35.7 Å². The third kappa shape index (κ3) is 4.45. The summed E-state index contributed by atoms with van der Waals surface area (Å²) in [6, 6.07) is 6.48. The number of halogens is 1. The minimum atomic E-state index is 0.279. The molecular weight excluding hydrogens is 320 g/mol. The summed E-state index contributed by atoms with van der Waals surface area (Å²) < 4.78 is 12.4. The van der Waals surface area contributed by atoms with E-state index in [0.29, 0.717) is 6.61 Å². The van der Waals surface area contributed by atoms with E-state index >= 15 is 0 Å². The number of ether oxygens (including phenoxy) is 2. The van der Waals surface area contributed by atoms with E-state index in [-0.39, 0.29) is 6.04 Å². The van der Waals surface area contributed by atoms with Crippen molar-refractivity contribution >= 4 is 15.9 Å². The SMILES string of the molecule is CNC(C)c1ccc(Br)cc1OCCN1CCOCC1. The standard InChI is InChI=1S/C15H23BrN2O2/c1-12(17-2)14-4-3-13(16)11-15(14)20-10-7-18-5-8-19-9-6-18/h3-4,11-12,17H,5-10H2,1-2H3. The molecule has 4 nitrogen and oxygen atoms in total. The Balaban J connectivity index is 1.92. The van der Waals surface area contributed by atoms with E-state index < -0.39 is 0 Å². The van der Waals surface area contributed by atoms with Gasteiger partial charge in [0.2, 0.25) is 0 Å². The second kappa shape index (κ2) is 7.98. The average Bonchev–Trinajstić information content (AvgIpc) is 2.48. The van der Waals surface area contributed by atoms with Crippen molar-refractivity contribution in [3.8, 4) is 5.75 Å². The first-order valence-electron chi connectivity index (χ1n) is 7.10. The molecule has 1 fully saturated rings. The first kappa shape index (κ1) is 15.8. The minimum Gasteiger partial charge on any atom is -0.492 e. The zero-order valence-corrected chi connectivity index (χ0v) is 13.8. The van der Waals surface area contributed by atoms with Crippen LogP contribution >= 0.6 is 15.9 Å². The van der Waals surface area contributed by atoms with Crippen molar-refractivity contribution in [2.24, 2.45) is 0 Å². The second-order valence-corrected chi connectivity index (χ2v) is 5.91. The molecule has 0 amide bonds. The molecular formula is C15H23BrN2O2. The van der Waals surface area contributed by atoms with Crippen LogP contribution < -0.4 is 10.1 Å². The van der Waals surface area contributed by atoms with Crippen LogP contribution in [0.25, 0.3) is 0 Å². The van der Waals surface area contributed by atoms with Gasteiger partial charge in [0.25, 0.3) is 0 Å². The molecule has 1 aromatic carbocycles. The smallest absolute Gasteiger partial charge is 0.125 e. The fourth-order valence-corrected chi connectivity index (χ4v) is 2.60. The first-order valence-corrected chi connectivity index (χ1v) is 7.89. The molecule has 0 spiro atoms. The molecule has 1 atom stereocenters. The van der Waals surface area contributed by atoms with Crippen LogP contribution in [0.15, 0.2) is 22.7 Å². The van der Waals surface area contributed by atoms with Crippen molar-refractivity contribution in [3.05, 3.63) is 28.2 Å². The van der Waals surface area contributed by atoms with Crippen LogP contribution in [0.4, 0.5) is 0 Å². The maximum Gasteiger partial charge on any atom is 0.125 e. The van der Waals surface area contributed by atoms with Gasteiger partial charge in [-0.2, -0.15) is 0 Å². The van der Waals surface area contributed by atoms with E-state index in [1.165, 1.54) is 5.56 Å². The Kier molecular flexibility index (Phi) is 6.29. The Morgan fingerprint density at radius 2 is 2.15 bits per heavy atom. The third-order valence-corrected chi connectivity index (χ3v) is 4.14. The Morgan fingerprint density at radius 3 is 2.85 bits per heavy atom. The van der Waals surface area contributed by atoms with Crippen LogP contribution in [-0.4, -0.2) is 51.4 Å². The molecule has 1 aliphatic heterocycles. The number of benzene rings is 1. The lowest BCUT2D eigenvalue weighted by molar-refractivity contribution is 0.0322. The highest BCUT2D eigenvalue weighted by molar-refractivity contribution is 9.10. The fraction of sp³-hybridized carbons (Fsp3) is 0.600. The van der Waals surface area contributed by atoms with Crippen LogP contribution in [-0.2, 0) is 4.74 Å². The van der Waals surface area contributed by atoms with Crippen molar-refractivity contribution in [2.45, 2.75) is 13.0 Å². The lowest BCUT2D eigenvalue weighted by atomic mass is 10.1. The maximum absolute atomic E-state index is 5.99. The molecule has 1 N–H and O–H groups in total. The molecule has 0 bridgehead atoms. The summed E-state index contributed by atoms with van der Waals surface area (Å²) in [5, 5.41) is 3.26. The predicted molar refractivity (Wildman–Crippen MR) is 84.4 cm³/mol. The molecule has 0 aromatic heterocycles. The zero-order valence-electron chi connectivity index (χ0n) is 12.2. The summed E-state index contributed by atoms with van der Waals surface area (Å²) in [7, 11) is 1.96. The molecule has 2 rings (SSSR count). The van der Waals surface area contributed by atoms with Crippen LogP contribution in [0, 0.1) is 0 Å². The van der Waals surface area contributed by atoms with Gasteiger partial charge in [-0.3, -0.25) is 4.90 Å². The van der Waals surface area contributed by atoms with Gasteiger partial charge in [-0.15, -0.1) is 0 Å². The molecule has 1 heterocycles. The lowest BCUT2D eigenvalue weighted by Crippen LogP contribution is -2.38. The Labute approximate surface area is 129 Å². The van der Waals surface area contributed by atoms with Gasteiger partial charge in [-0.05, 0) is 26.1 Å². The quantitative estimate of drug-likeness (QED) is 0.860. The van der Waals surface area contributed by atoms with Crippen LogP contribution in [0.1, 0.15) is 18.5 Å². The van der Waals surface area contributed by atoms with E-state index in [9.17, 15) is 0 Å². The highest BCUT2D eigenvalue weighted by atomic mass is 79.9. The predicted octanol–water partition coefficient (Wildman–Crippen LogP) is 2.44. The lowest BCUT2D eigenvalue weighted by Gasteiger charge is -2.26. The monoisotopic (exact) mass is 342 g/mol. The summed E-state index contributed by atoms with van der Waals surface area (Å²) in [4.78, 5) is 2.38. The molecule has 20 heavy (non-hydrogen) atoms.